The topological polar surface area (TPSA) is 175 Å². The molecule has 17 heteroatoms. The number of esters is 1. The van der Waals surface area contributed by atoms with Crippen LogP contribution in [0.3, 0.4) is 0 Å². The molecule has 1 N–H and O–H groups in total. The number of ketones is 2. The molecule has 346 valence electrons. The molecule has 0 bridgehead atoms. The zero-order chi connectivity index (χ0) is 46.1. The fourth-order valence-electron chi connectivity index (χ4n) is 9.74. The van der Waals surface area contributed by atoms with Gasteiger partial charge in [-0.3, -0.25) is 14.3 Å². The minimum absolute atomic E-state index is 0.00693. The lowest BCUT2D eigenvalue weighted by atomic mass is 9.73. The van der Waals surface area contributed by atoms with Gasteiger partial charge in [-0.15, -0.1) is 5.10 Å². The van der Waals surface area contributed by atoms with Crippen LogP contribution >= 0.6 is 0 Å². The quantitative estimate of drug-likeness (QED) is 0.170. The maximum absolute atomic E-state index is 16.9. The number of methoxy groups -OCH3 is 1. The lowest BCUT2D eigenvalue weighted by Crippen LogP contribution is -2.61. The number of aromatic nitrogens is 3. The maximum Gasteiger partial charge on any atom is 0.410 e. The number of carbonyl (C=O) groups excluding carboxylic acids is 4. The van der Waals surface area contributed by atoms with Crippen molar-refractivity contribution in [2.45, 2.75) is 154 Å². The number of alkyl halides is 1. The summed E-state index contributed by atoms with van der Waals surface area (Å²) in [6, 6.07) is 6.70. The SMILES string of the molecule is CC[C@H]1OC(=O)[C@@](C)(F)C(=O)[C@H](C)[C@@H](O[C@@H]2O[C@H](C)C[C@H](N(C)C)[C@H]2O)[C@](C)(OC)C[C@@H](C)C(=O)[C@H](C)[C@H]2N(CCCCn3cc(-c4ccc(N(C)C)cc4)nn3)C(=O)O[C@]12C. The van der Waals surface area contributed by atoms with Crippen LogP contribution in [-0.2, 0) is 44.6 Å². The minimum atomic E-state index is -3.18. The normalized spacial score (nSPS) is 36.3. The van der Waals surface area contributed by atoms with E-state index in [1.54, 1.807) is 39.3 Å². The first kappa shape index (κ1) is 49.0. The van der Waals surface area contributed by atoms with Gasteiger partial charge in [0.05, 0.1) is 30.0 Å². The number of hydrogen-bond donors (Lipinski definition) is 1. The molecule has 0 aliphatic carbocycles. The zero-order valence-electron chi connectivity index (χ0n) is 38.8. The van der Waals surface area contributed by atoms with Crippen LogP contribution in [0.5, 0.6) is 0 Å². The fraction of sp³-hybridized carbons (Fsp3) is 0.733. The number of amides is 1. The number of nitrogens with zero attached hydrogens (tertiary/aromatic N) is 6. The number of aryl methyl sites for hydroxylation is 1. The van der Waals surface area contributed by atoms with Gasteiger partial charge in [0.25, 0.3) is 5.67 Å². The highest BCUT2D eigenvalue weighted by molar-refractivity contribution is 6.08. The zero-order valence-corrected chi connectivity index (χ0v) is 38.8. The molecule has 62 heavy (non-hydrogen) atoms. The summed E-state index contributed by atoms with van der Waals surface area (Å²) < 4.78 is 49.3. The van der Waals surface area contributed by atoms with E-state index in [0.29, 0.717) is 25.8 Å². The molecule has 13 atom stereocenters. The summed E-state index contributed by atoms with van der Waals surface area (Å²) in [6.45, 7) is 13.2. The smallest absolute Gasteiger partial charge is 0.410 e. The van der Waals surface area contributed by atoms with Crippen molar-refractivity contribution in [1.82, 2.24) is 24.8 Å². The first-order chi connectivity index (χ1) is 29.0. The van der Waals surface area contributed by atoms with Gasteiger partial charge in [-0.25, -0.2) is 14.0 Å². The molecule has 3 saturated heterocycles. The Morgan fingerprint density at radius 3 is 2.21 bits per heavy atom. The largest absolute Gasteiger partial charge is 0.455 e. The molecule has 2 aromatic rings. The highest BCUT2D eigenvalue weighted by Crippen LogP contribution is 2.44. The Morgan fingerprint density at radius 1 is 0.968 bits per heavy atom. The fourth-order valence-corrected chi connectivity index (χ4v) is 9.74. The van der Waals surface area contributed by atoms with E-state index in [4.69, 9.17) is 23.7 Å². The second-order valence-corrected chi connectivity index (χ2v) is 18.6. The summed E-state index contributed by atoms with van der Waals surface area (Å²) in [5, 5.41) is 20.1. The lowest BCUT2D eigenvalue weighted by molar-refractivity contribution is -0.295. The van der Waals surface area contributed by atoms with Crippen molar-refractivity contribution in [1.29, 1.82) is 0 Å². The summed E-state index contributed by atoms with van der Waals surface area (Å²) in [6.07, 6.45) is -2.46. The molecule has 3 aliphatic heterocycles. The number of Topliss-reactive ketones (excluding diaryl/α,β-unsaturated/α-hetero) is 2. The van der Waals surface area contributed by atoms with Gasteiger partial charge in [0.2, 0.25) is 0 Å². The lowest BCUT2D eigenvalue weighted by Gasteiger charge is -2.47. The number of likely N-dealkylation sites (N-methyl/N-ethyl adjacent to an activating group) is 1. The van der Waals surface area contributed by atoms with Gasteiger partial charge in [0, 0.05) is 69.3 Å². The predicted molar refractivity (Wildman–Crippen MR) is 229 cm³/mol. The number of carbonyl (C=O) groups is 4. The number of halogens is 1. The number of unbranched alkanes of at least 4 members (excludes halogenated alkanes) is 1. The Hall–Kier alpha value is -4.03. The number of benzene rings is 1. The Labute approximate surface area is 365 Å². The number of rotatable bonds is 12. The predicted octanol–water partition coefficient (Wildman–Crippen LogP) is 5.09. The molecule has 1 amide bonds. The summed E-state index contributed by atoms with van der Waals surface area (Å²) >= 11 is 0. The van der Waals surface area contributed by atoms with Gasteiger partial charge in [-0.1, -0.05) is 45.0 Å². The van der Waals surface area contributed by atoms with E-state index in [1.165, 1.54) is 18.9 Å². The second-order valence-electron chi connectivity index (χ2n) is 18.6. The van der Waals surface area contributed by atoms with Crippen LogP contribution < -0.4 is 4.90 Å². The van der Waals surface area contributed by atoms with Crippen molar-refractivity contribution < 1.29 is 52.4 Å². The van der Waals surface area contributed by atoms with Crippen LogP contribution in [0.4, 0.5) is 14.9 Å². The Bertz CT molecular complexity index is 1890. The number of anilines is 1. The molecule has 16 nitrogen and oxygen atoms in total. The van der Waals surface area contributed by atoms with Crippen molar-refractivity contribution in [2.24, 2.45) is 17.8 Å². The third-order valence-corrected chi connectivity index (χ3v) is 13.4. The van der Waals surface area contributed by atoms with Gasteiger partial charge in [0.1, 0.15) is 23.7 Å². The standard InChI is InChI=1S/C45H69FN6O10/c1-14-34-45(8)37(52(42(57)62-45)22-16-15-21-51-25-32(47-48-51)30-17-19-31(20-18-30)49(9)10)28(4)35(53)26(2)24-43(6,58-13)39(29(5)38(55)44(7,46)41(56)60-34)61-40-36(54)33(50(11)12)23-27(3)59-40/h17-20,25-29,33-34,36-37,39-40,54H,14-16,21-24H2,1-13H3/t26-,27-,28+,29+,33+,34-,36-,37-,39-,40+,43-,44+,45-/m1/s1. The van der Waals surface area contributed by atoms with Gasteiger partial charge < -0.3 is 43.5 Å². The summed E-state index contributed by atoms with van der Waals surface area (Å²) in [5.41, 5.74) is -3.52. The molecule has 0 saturated carbocycles. The van der Waals surface area contributed by atoms with Crippen LogP contribution in [-0.4, -0.2) is 155 Å². The van der Waals surface area contributed by atoms with Crippen LogP contribution in [0.25, 0.3) is 11.3 Å². The van der Waals surface area contributed by atoms with E-state index in [9.17, 15) is 24.3 Å². The minimum Gasteiger partial charge on any atom is -0.455 e. The van der Waals surface area contributed by atoms with Crippen molar-refractivity contribution in [2.75, 3.05) is 46.7 Å². The summed E-state index contributed by atoms with van der Waals surface area (Å²) in [5.74, 6) is -5.82. The van der Waals surface area contributed by atoms with Crippen LogP contribution in [0.15, 0.2) is 30.5 Å². The van der Waals surface area contributed by atoms with Crippen molar-refractivity contribution in [3.05, 3.63) is 30.5 Å². The molecule has 0 unspecified atom stereocenters. The van der Waals surface area contributed by atoms with Crippen molar-refractivity contribution >= 4 is 29.3 Å². The van der Waals surface area contributed by atoms with Crippen LogP contribution in [0.1, 0.15) is 87.5 Å². The van der Waals surface area contributed by atoms with E-state index in [0.717, 1.165) is 23.9 Å². The summed E-state index contributed by atoms with van der Waals surface area (Å²) in [4.78, 5) is 62.2. The van der Waals surface area contributed by atoms with E-state index >= 15 is 4.39 Å². The molecule has 1 aromatic heterocycles. The molecule has 5 rings (SSSR count). The van der Waals surface area contributed by atoms with Crippen molar-refractivity contribution in [3.8, 4) is 11.3 Å². The number of fused-ring (bicyclic) bond motifs is 1. The molecule has 3 aliphatic rings. The third-order valence-electron chi connectivity index (χ3n) is 13.4. The number of aliphatic hydroxyl groups excluding tert-OH is 1. The Morgan fingerprint density at radius 2 is 1.61 bits per heavy atom. The first-order valence-electron chi connectivity index (χ1n) is 21.9. The molecular weight excluding hydrogens is 804 g/mol. The van der Waals surface area contributed by atoms with Gasteiger partial charge in [-0.2, -0.15) is 0 Å². The van der Waals surface area contributed by atoms with E-state index < -0.39 is 83.1 Å². The highest BCUT2D eigenvalue weighted by Gasteiger charge is 2.61. The highest BCUT2D eigenvalue weighted by atomic mass is 19.1. The number of aliphatic hydroxyl groups is 1. The Balaban J connectivity index is 1.43. The third kappa shape index (κ3) is 9.86. The number of hydrogen-bond acceptors (Lipinski definition) is 14. The second kappa shape index (κ2) is 19.4. The molecule has 0 spiro atoms. The van der Waals surface area contributed by atoms with Gasteiger partial charge in [-0.05, 0) is 86.0 Å². The van der Waals surface area contributed by atoms with E-state index in [1.807, 2.05) is 75.4 Å². The Kier molecular flexibility index (Phi) is 15.3. The molecule has 0 radical (unpaired) electrons. The van der Waals surface area contributed by atoms with E-state index in [2.05, 4.69) is 10.3 Å². The van der Waals surface area contributed by atoms with Crippen LogP contribution in [0, 0.1) is 17.8 Å². The summed E-state index contributed by atoms with van der Waals surface area (Å²) in [7, 11) is 9.00. The van der Waals surface area contributed by atoms with E-state index in [-0.39, 0.29) is 37.3 Å². The maximum atomic E-state index is 16.9. The van der Waals surface area contributed by atoms with Crippen molar-refractivity contribution in [3.63, 3.8) is 0 Å². The van der Waals surface area contributed by atoms with Crippen LogP contribution in [0.2, 0.25) is 0 Å². The number of ether oxygens (including phenoxy) is 5. The molecule has 3 fully saturated rings. The average molecular weight is 873 g/mol. The first-order valence-corrected chi connectivity index (χ1v) is 21.9. The monoisotopic (exact) mass is 873 g/mol. The molecular formula is C45H69FN6O10. The molecule has 4 heterocycles. The molecule has 1 aromatic carbocycles. The van der Waals surface area contributed by atoms with Gasteiger partial charge >= 0.3 is 12.1 Å². The number of cyclic esters (lactones) is 1. The average Bonchev–Trinajstić information content (AvgIpc) is 3.80. The van der Waals surface area contributed by atoms with Gasteiger partial charge in [0.15, 0.2) is 17.7 Å².